The summed E-state index contributed by atoms with van der Waals surface area (Å²) in [5.74, 6) is 2.01. The van der Waals surface area contributed by atoms with E-state index in [0.717, 1.165) is 32.0 Å². The van der Waals surface area contributed by atoms with Crippen LogP contribution in [-0.2, 0) is 4.79 Å². The Balaban J connectivity index is 1.83. The lowest BCUT2D eigenvalue weighted by atomic mass is 9.98. The molecule has 2 aliphatic rings. The highest BCUT2D eigenvalue weighted by Crippen LogP contribution is 2.37. The summed E-state index contributed by atoms with van der Waals surface area (Å²) in [4.78, 5) is 14.4. The smallest absolute Gasteiger partial charge is 0.237 e. The van der Waals surface area contributed by atoms with Crippen LogP contribution in [0.4, 0.5) is 0 Å². The fourth-order valence-corrected chi connectivity index (χ4v) is 3.28. The average molecular weight is 253 g/mol. The van der Waals surface area contributed by atoms with Gasteiger partial charge in [-0.1, -0.05) is 13.8 Å². The summed E-state index contributed by atoms with van der Waals surface area (Å²) in [5, 5.41) is 3.02. The first-order valence-corrected chi connectivity index (χ1v) is 7.26. The highest BCUT2D eigenvalue weighted by Gasteiger charge is 2.43. The molecule has 1 heterocycles. The molecule has 0 aromatic heterocycles. The minimum atomic E-state index is -0.0125. The van der Waals surface area contributed by atoms with Crippen molar-refractivity contribution in [2.24, 2.45) is 23.5 Å². The van der Waals surface area contributed by atoms with E-state index < -0.39 is 0 Å². The van der Waals surface area contributed by atoms with E-state index in [-0.39, 0.29) is 11.9 Å². The van der Waals surface area contributed by atoms with Crippen molar-refractivity contribution in [3.8, 4) is 0 Å². The molecular formula is C14H27N3O. The van der Waals surface area contributed by atoms with Crippen molar-refractivity contribution < 1.29 is 4.79 Å². The molecule has 4 unspecified atom stereocenters. The van der Waals surface area contributed by atoms with Crippen LogP contribution in [0.15, 0.2) is 0 Å². The average Bonchev–Trinajstić information content (AvgIpc) is 2.88. The highest BCUT2D eigenvalue weighted by molar-refractivity contribution is 5.81. The fourth-order valence-electron chi connectivity index (χ4n) is 3.28. The van der Waals surface area contributed by atoms with Gasteiger partial charge >= 0.3 is 0 Å². The number of likely N-dealkylation sites (tertiary alicyclic amines) is 1. The maximum Gasteiger partial charge on any atom is 0.237 e. The molecule has 4 nitrogen and oxygen atoms in total. The lowest BCUT2D eigenvalue weighted by molar-refractivity contribution is -0.125. The Morgan fingerprint density at radius 3 is 2.67 bits per heavy atom. The zero-order chi connectivity index (χ0) is 13.3. The zero-order valence-corrected chi connectivity index (χ0v) is 11.9. The van der Waals surface area contributed by atoms with Gasteiger partial charge in [-0.15, -0.1) is 0 Å². The van der Waals surface area contributed by atoms with Crippen LogP contribution in [-0.4, -0.2) is 42.5 Å². The van der Waals surface area contributed by atoms with Crippen molar-refractivity contribution in [1.82, 2.24) is 10.2 Å². The van der Waals surface area contributed by atoms with Crippen LogP contribution >= 0.6 is 0 Å². The van der Waals surface area contributed by atoms with Crippen molar-refractivity contribution in [1.29, 1.82) is 0 Å². The predicted molar refractivity (Wildman–Crippen MR) is 73.1 cm³/mol. The summed E-state index contributed by atoms with van der Waals surface area (Å²) < 4.78 is 0. The Kier molecular flexibility index (Phi) is 4.28. The third-order valence-electron chi connectivity index (χ3n) is 4.55. The van der Waals surface area contributed by atoms with Crippen LogP contribution in [0.1, 0.15) is 33.6 Å². The van der Waals surface area contributed by atoms with Gasteiger partial charge in [-0.25, -0.2) is 0 Å². The molecule has 0 aromatic rings. The van der Waals surface area contributed by atoms with E-state index in [1.807, 2.05) is 6.92 Å². The first kappa shape index (κ1) is 13.8. The molecule has 0 aromatic carbocycles. The van der Waals surface area contributed by atoms with Gasteiger partial charge in [0.25, 0.3) is 0 Å². The van der Waals surface area contributed by atoms with Crippen LogP contribution in [0, 0.1) is 17.8 Å². The molecular weight excluding hydrogens is 226 g/mol. The third-order valence-corrected chi connectivity index (χ3v) is 4.55. The molecule has 0 bridgehead atoms. The van der Waals surface area contributed by atoms with Gasteiger partial charge in [0.05, 0.1) is 6.04 Å². The molecule has 0 spiro atoms. The Bertz CT molecular complexity index is 305. The predicted octanol–water partition coefficient (Wildman–Crippen LogP) is 0.816. The van der Waals surface area contributed by atoms with Crippen LogP contribution in [0.2, 0.25) is 0 Å². The number of nitrogens with two attached hydrogens (primary N) is 1. The SMILES string of the molecule is CC(C)CNC(=O)C(C)N1CC2CCC(N)C2C1. The van der Waals surface area contributed by atoms with Crippen molar-refractivity contribution in [3.63, 3.8) is 0 Å². The van der Waals surface area contributed by atoms with Crippen molar-refractivity contribution in [3.05, 3.63) is 0 Å². The second kappa shape index (κ2) is 5.57. The lowest BCUT2D eigenvalue weighted by Crippen LogP contribution is -2.45. The summed E-state index contributed by atoms with van der Waals surface area (Å²) in [5.41, 5.74) is 6.13. The van der Waals surface area contributed by atoms with E-state index in [1.54, 1.807) is 0 Å². The van der Waals surface area contributed by atoms with Gasteiger partial charge in [-0.05, 0) is 37.5 Å². The molecule has 1 amide bonds. The van der Waals surface area contributed by atoms with E-state index in [0.29, 0.717) is 17.9 Å². The number of carbonyl (C=O) groups excluding carboxylic acids is 1. The molecule has 104 valence electrons. The van der Waals surface area contributed by atoms with Crippen LogP contribution in [0.3, 0.4) is 0 Å². The maximum absolute atomic E-state index is 12.1. The summed E-state index contributed by atoms with van der Waals surface area (Å²) in [6.07, 6.45) is 2.40. The number of rotatable bonds is 4. The molecule has 1 aliphatic carbocycles. The first-order valence-electron chi connectivity index (χ1n) is 7.26. The molecule has 1 aliphatic heterocycles. The number of amides is 1. The van der Waals surface area contributed by atoms with E-state index in [4.69, 9.17) is 5.73 Å². The third kappa shape index (κ3) is 2.86. The van der Waals surface area contributed by atoms with Crippen LogP contribution in [0.5, 0.6) is 0 Å². The summed E-state index contributed by atoms with van der Waals surface area (Å²) in [6, 6.07) is 0.340. The second-order valence-corrected chi connectivity index (χ2v) is 6.43. The summed E-state index contributed by atoms with van der Waals surface area (Å²) in [6.45, 7) is 9.07. The summed E-state index contributed by atoms with van der Waals surface area (Å²) in [7, 11) is 0. The number of hydrogen-bond acceptors (Lipinski definition) is 3. The minimum absolute atomic E-state index is 0.0125. The number of fused-ring (bicyclic) bond motifs is 1. The Labute approximate surface area is 110 Å². The molecule has 4 heteroatoms. The molecule has 3 N–H and O–H groups in total. The maximum atomic E-state index is 12.1. The molecule has 4 atom stereocenters. The van der Waals surface area contributed by atoms with Gasteiger partial charge in [0, 0.05) is 25.7 Å². The number of carbonyl (C=O) groups is 1. The molecule has 1 saturated heterocycles. The van der Waals surface area contributed by atoms with Crippen LogP contribution < -0.4 is 11.1 Å². The largest absolute Gasteiger partial charge is 0.354 e. The van der Waals surface area contributed by atoms with E-state index >= 15 is 0 Å². The summed E-state index contributed by atoms with van der Waals surface area (Å²) >= 11 is 0. The van der Waals surface area contributed by atoms with E-state index in [1.165, 1.54) is 6.42 Å². The molecule has 1 saturated carbocycles. The Hall–Kier alpha value is -0.610. The number of nitrogens with zero attached hydrogens (tertiary/aromatic N) is 1. The quantitative estimate of drug-likeness (QED) is 0.780. The molecule has 0 radical (unpaired) electrons. The molecule has 2 fully saturated rings. The van der Waals surface area contributed by atoms with Gasteiger partial charge in [-0.3, -0.25) is 9.69 Å². The van der Waals surface area contributed by atoms with Crippen molar-refractivity contribution >= 4 is 5.91 Å². The Morgan fingerprint density at radius 2 is 2.06 bits per heavy atom. The van der Waals surface area contributed by atoms with Crippen molar-refractivity contribution in [2.75, 3.05) is 19.6 Å². The van der Waals surface area contributed by atoms with Gasteiger partial charge in [0.2, 0.25) is 5.91 Å². The van der Waals surface area contributed by atoms with Crippen molar-refractivity contribution in [2.45, 2.75) is 45.7 Å². The van der Waals surface area contributed by atoms with E-state index in [2.05, 4.69) is 24.1 Å². The minimum Gasteiger partial charge on any atom is -0.354 e. The monoisotopic (exact) mass is 253 g/mol. The fraction of sp³-hybridized carbons (Fsp3) is 0.929. The standard InChI is InChI=1S/C14H27N3O/c1-9(2)6-16-14(18)10(3)17-7-11-4-5-13(15)12(11)8-17/h9-13H,4-8,15H2,1-3H3,(H,16,18). The van der Waals surface area contributed by atoms with Gasteiger partial charge < -0.3 is 11.1 Å². The zero-order valence-electron chi connectivity index (χ0n) is 11.9. The topological polar surface area (TPSA) is 58.4 Å². The normalized spacial score (nSPS) is 33.7. The Morgan fingerprint density at radius 1 is 1.33 bits per heavy atom. The molecule has 2 rings (SSSR count). The van der Waals surface area contributed by atoms with E-state index in [9.17, 15) is 4.79 Å². The van der Waals surface area contributed by atoms with Gasteiger partial charge in [0.15, 0.2) is 0 Å². The first-order chi connectivity index (χ1) is 8.49. The second-order valence-electron chi connectivity index (χ2n) is 6.43. The highest BCUT2D eigenvalue weighted by atomic mass is 16.2. The van der Waals surface area contributed by atoms with Gasteiger partial charge in [0.1, 0.15) is 0 Å². The number of nitrogens with one attached hydrogen (secondary N) is 1. The lowest BCUT2D eigenvalue weighted by Gasteiger charge is -2.25. The molecule has 18 heavy (non-hydrogen) atoms. The van der Waals surface area contributed by atoms with Gasteiger partial charge in [-0.2, -0.15) is 0 Å². The van der Waals surface area contributed by atoms with Crippen LogP contribution in [0.25, 0.3) is 0 Å². The number of hydrogen-bond donors (Lipinski definition) is 2.